The molecule has 0 aromatic rings. The second kappa shape index (κ2) is 8.89. The lowest BCUT2D eigenvalue weighted by Crippen LogP contribution is -2.32. The van der Waals surface area contributed by atoms with Crippen molar-refractivity contribution >= 4 is 0 Å². The number of rotatable bonds is 8. The first-order chi connectivity index (χ1) is 8.65. The lowest BCUT2D eigenvalue weighted by molar-refractivity contribution is 0.0133. The van der Waals surface area contributed by atoms with Crippen LogP contribution in [0.15, 0.2) is 0 Å². The summed E-state index contributed by atoms with van der Waals surface area (Å²) in [7, 11) is 1.71. The Morgan fingerprint density at radius 1 is 1.17 bits per heavy atom. The smallest absolute Gasteiger partial charge is 0.0569 e. The van der Waals surface area contributed by atoms with Gasteiger partial charge in [0.2, 0.25) is 0 Å². The molecule has 0 saturated heterocycles. The molecule has 1 fully saturated rings. The molecule has 3 atom stereocenters. The van der Waals surface area contributed by atoms with Crippen LogP contribution in [0, 0.1) is 17.8 Å². The van der Waals surface area contributed by atoms with Gasteiger partial charge >= 0.3 is 0 Å². The molecule has 0 bridgehead atoms. The zero-order valence-electron chi connectivity index (χ0n) is 12.2. The van der Waals surface area contributed by atoms with Crippen LogP contribution < -0.4 is 0 Å². The Hall–Kier alpha value is -0.120. The topological polar surface area (TPSA) is 38.7 Å². The third kappa shape index (κ3) is 5.68. The second-order valence-electron chi connectivity index (χ2n) is 5.89. The van der Waals surface area contributed by atoms with E-state index in [9.17, 15) is 5.11 Å². The summed E-state index contributed by atoms with van der Waals surface area (Å²) in [6, 6.07) is 0. The highest BCUT2D eigenvalue weighted by Crippen LogP contribution is 2.35. The lowest BCUT2D eigenvalue weighted by atomic mass is 9.74. The Bertz CT molecular complexity index is 206. The van der Waals surface area contributed by atoms with E-state index >= 15 is 0 Å². The van der Waals surface area contributed by atoms with E-state index in [1.807, 2.05) is 0 Å². The molecule has 1 saturated carbocycles. The van der Waals surface area contributed by atoms with Gasteiger partial charge in [-0.25, -0.2) is 0 Å². The fourth-order valence-electron chi connectivity index (χ4n) is 2.84. The summed E-state index contributed by atoms with van der Waals surface area (Å²) in [5.41, 5.74) is 0. The van der Waals surface area contributed by atoms with E-state index in [0.29, 0.717) is 5.92 Å². The van der Waals surface area contributed by atoms with Crippen molar-refractivity contribution in [1.82, 2.24) is 0 Å². The molecule has 3 nitrogen and oxygen atoms in total. The van der Waals surface area contributed by atoms with Gasteiger partial charge in [0.1, 0.15) is 0 Å². The van der Waals surface area contributed by atoms with Gasteiger partial charge in [0.25, 0.3) is 0 Å². The molecule has 0 radical (unpaired) electrons. The van der Waals surface area contributed by atoms with E-state index in [2.05, 4.69) is 13.8 Å². The van der Waals surface area contributed by atoms with Crippen LogP contribution in [0.4, 0.5) is 0 Å². The van der Waals surface area contributed by atoms with E-state index in [-0.39, 0.29) is 6.10 Å². The quantitative estimate of drug-likeness (QED) is 0.680. The van der Waals surface area contributed by atoms with E-state index in [4.69, 9.17) is 9.47 Å². The van der Waals surface area contributed by atoms with Gasteiger partial charge in [-0.15, -0.1) is 0 Å². The Labute approximate surface area is 112 Å². The maximum Gasteiger partial charge on any atom is 0.0569 e. The van der Waals surface area contributed by atoms with Gasteiger partial charge in [-0.1, -0.05) is 13.8 Å². The van der Waals surface area contributed by atoms with E-state index in [1.54, 1.807) is 7.11 Å². The molecule has 0 aliphatic heterocycles. The van der Waals surface area contributed by atoms with E-state index in [0.717, 1.165) is 50.9 Å². The Morgan fingerprint density at radius 3 is 2.61 bits per heavy atom. The third-order valence-corrected chi connectivity index (χ3v) is 4.20. The molecule has 1 aliphatic carbocycles. The molecule has 0 aromatic carbocycles. The van der Waals surface area contributed by atoms with Crippen LogP contribution in [-0.2, 0) is 9.47 Å². The molecule has 0 amide bonds. The summed E-state index contributed by atoms with van der Waals surface area (Å²) in [6.45, 7) is 6.89. The average Bonchev–Trinajstić information content (AvgIpc) is 2.35. The molecule has 0 aromatic heterocycles. The number of methoxy groups -OCH3 is 1. The van der Waals surface area contributed by atoms with Crippen LogP contribution in [0.5, 0.6) is 0 Å². The predicted octanol–water partition coefficient (Wildman–Crippen LogP) is 2.86. The Balaban J connectivity index is 2.15. The molecule has 3 unspecified atom stereocenters. The average molecular weight is 258 g/mol. The molecular weight excluding hydrogens is 228 g/mol. The molecule has 18 heavy (non-hydrogen) atoms. The SMILES string of the molecule is COCCCOCCC1CC(C(C)C)CCC1O. The highest BCUT2D eigenvalue weighted by molar-refractivity contribution is 4.81. The van der Waals surface area contributed by atoms with E-state index < -0.39 is 0 Å². The van der Waals surface area contributed by atoms with Crippen molar-refractivity contribution < 1.29 is 14.6 Å². The highest BCUT2D eigenvalue weighted by Gasteiger charge is 2.30. The normalized spacial score (nSPS) is 28.8. The summed E-state index contributed by atoms with van der Waals surface area (Å²) in [5.74, 6) is 1.96. The number of hydrogen-bond donors (Lipinski definition) is 1. The number of ether oxygens (including phenoxy) is 2. The predicted molar refractivity (Wildman–Crippen MR) is 73.6 cm³/mol. The molecule has 1 N–H and O–H groups in total. The first-order valence-electron chi connectivity index (χ1n) is 7.40. The first kappa shape index (κ1) is 15.9. The van der Waals surface area contributed by atoms with Gasteiger partial charge in [-0.2, -0.15) is 0 Å². The van der Waals surface area contributed by atoms with Gasteiger partial charge in [0.15, 0.2) is 0 Å². The van der Waals surface area contributed by atoms with Crippen LogP contribution in [0.1, 0.15) is 46.0 Å². The molecule has 108 valence electrons. The summed E-state index contributed by atoms with van der Waals surface area (Å²) in [6.07, 6.45) is 5.17. The fraction of sp³-hybridized carbons (Fsp3) is 1.00. The highest BCUT2D eigenvalue weighted by atomic mass is 16.5. The molecule has 1 aliphatic rings. The number of aliphatic hydroxyl groups is 1. The third-order valence-electron chi connectivity index (χ3n) is 4.20. The van der Waals surface area contributed by atoms with Crippen molar-refractivity contribution in [3.8, 4) is 0 Å². The van der Waals surface area contributed by atoms with Crippen LogP contribution in [0.25, 0.3) is 0 Å². The van der Waals surface area contributed by atoms with Crippen LogP contribution in [-0.4, -0.2) is 38.1 Å². The van der Waals surface area contributed by atoms with Crippen LogP contribution in [0.2, 0.25) is 0 Å². The van der Waals surface area contributed by atoms with Gasteiger partial charge < -0.3 is 14.6 Å². The summed E-state index contributed by atoms with van der Waals surface area (Å²) >= 11 is 0. The molecule has 1 rings (SSSR count). The van der Waals surface area contributed by atoms with Crippen molar-refractivity contribution in [2.45, 2.75) is 52.1 Å². The van der Waals surface area contributed by atoms with Crippen molar-refractivity contribution in [2.24, 2.45) is 17.8 Å². The molecular formula is C15H30O3. The maximum atomic E-state index is 10.0. The number of aliphatic hydroxyl groups excluding tert-OH is 1. The standard InChI is InChI=1S/C15H30O3/c1-12(2)13-5-6-15(16)14(11-13)7-10-18-9-4-8-17-3/h12-16H,4-11H2,1-3H3. The summed E-state index contributed by atoms with van der Waals surface area (Å²) < 4.78 is 10.6. The maximum absolute atomic E-state index is 10.0. The monoisotopic (exact) mass is 258 g/mol. The van der Waals surface area contributed by atoms with Gasteiger partial charge in [-0.05, 0) is 49.9 Å². The van der Waals surface area contributed by atoms with Crippen molar-refractivity contribution in [1.29, 1.82) is 0 Å². The van der Waals surface area contributed by atoms with Crippen molar-refractivity contribution in [3.63, 3.8) is 0 Å². The Morgan fingerprint density at radius 2 is 1.94 bits per heavy atom. The second-order valence-corrected chi connectivity index (χ2v) is 5.89. The first-order valence-corrected chi connectivity index (χ1v) is 7.40. The fourth-order valence-corrected chi connectivity index (χ4v) is 2.84. The van der Waals surface area contributed by atoms with Gasteiger partial charge in [0, 0.05) is 26.9 Å². The zero-order valence-corrected chi connectivity index (χ0v) is 12.2. The van der Waals surface area contributed by atoms with Crippen LogP contribution >= 0.6 is 0 Å². The molecule has 3 heteroatoms. The summed E-state index contributed by atoms with van der Waals surface area (Å²) in [5, 5.41) is 10.0. The van der Waals surface area contributed by atoms with E-state index in [1.165, 1.54) is 12.8 Å². The van der Waals surface area contributed by atoms with Crippen molar-refractivity contribution in [3.05, 3.63) is 0 Å². The largest absolute Gasteiger partial charge is 0.393 e. The summed E-state index contributed by atoms with van der Waals surface area (Å²) in [4.78, 5) is 0. The minimum Gasteiger partial charge on any atom is -0.393 e. The zero-order chi connectivity index (χ0) is 13.4. The lowest BCUT2D eigenvalue weighted by Gasteiger charge is -2.35. The van der Waals surface area contributed by atoms with Crippen molar-refractivity contribution in [2.75, 3.05) is 26.9 Å². The van der Waals surface area contributed by atoms with Gasteiger partial charge in [-0.3, -0.25) is 0 Å². The van der Waals surface area contributed by atoms with Crippen LogP contribution in [0.3, 0.4) is 0 Å². The molecule has 0 heterocycles. The Kier molecular flexibility index (Phi) is 7.87. The minimum atomic E-state index is -0.109. The number of hydrogen-bond acceptors (Lipinski definition) is 3. The minimum absolute atomic E-state index is 0.109. The molecule has 0 spiro atoms. The van der Waals surface area contributed by atoms with Gasteiger partial charge in [0.05, 0.1) is 6.10 Å².